The van der Waals surface area contributed by atoms with Crippen LogP contribution in [0, 0.1) is 18.8 Å². The number of fused-ring (bicyclic) bond motifs is 1. The molecule has 3 aromatic rings. The Kier molecular flexibility index (Phi) is 5.34. The van der Waals surface area contributed by atoms with E-state index in [0.717, 1.165) is 11.1 Å². The molecule has 6 heteroatoms. The van der Waals surface area contributed by atoms with Gasteiger partial charge in [0.1, 0.15) is 6.61 Å². The molecule has 0 atom stereocenters. The number of hydrogen-bond donors (Lipinski definition) is 2. The molecule has 2 aromatic carbocycles. The molecule has 0 radical (unpaired) electrons. The molecule has 0 aliphatic carbocycles. The Hall–Kier alpha value is -3.43. The van der Waals surface area contributed by atoms with Gasteiger partial charge in [0.25, 0.3) is 5.91 Å². The number of nitrogens with zero attached hydrogens (tertiary/aromatic N) is 2. The molecule has 0 aliphatic rings. The zero-order chi connectivity index (χ0) is 19.4. The molecule has 0 bridgehead atoms. The number of aromatic nitrogens is 2. The minimum absolute atomic E-state index is 0.163. The van der Waals surface area contributed by atoms with E-state index in [9.17, 15) is 9.59 Å². The SMILES string of the molecule is Cc1ccc(CNC(=O)c2nn(C)c3ccc(C#CCO)cc3c2=O)cc1. The van der Waals surface area contributed by atoms with E-state index in [0.29, 0.717) is 23.0 Å². The van der Waals surface area contributed by atoms with Crippen LogP contribution in [0.2, 0.25) is 0 Å². The van der Waals surface area contributed by atoms with Crippen LogP contribution in [0.1, 0.15) is 27.2 Å². The normalized spacial score (nSPS) is 10.3. The van der Waals surface area contributed by atoms with Gasteiger partial charge in [0.15, 0.2) is 5.69 Å². The van der Waals surface area contributed by atoms with Crippen molar-refractivity contribution in [1.29, 1.82) is 0 Å². The van der Waals surface area contributed by atoms with Gasteiger partial charge in [0.05, 0.1) is 10.9 Å². The van der Waals surface area contributed by atoms with Gasteiger partial charge in [-0.3, -0.25) is 14.3 Å². The number of rotatable bonds is 3. The van der Waals surface area contributed by atoms with Crippen molar-refractivity contribution in [2.24, 2.45) is 7.05 Å². The Morgan fingerprint density at radius 2 is 1.96 bits per heavy atom. The van der Waals surface area contributed by atoms with Crippen molar-refractivity contribution in [3.63, 3.8) is 0 Å². The zero-order valence-electron chi connectivity index (χ0n) is 15.1. The topological polar surface area (TPSA) is 84.2 Å². The van der Waals surface area contributed by atoms with Crippen molar-refractivity contribution >= 4 is 16.8 Å². The number of aryl methyl sites for hydroxylation is 2. The van der Waals surface area contributed by atoms with E-state index in [1.807, 2.05) is 31.2 Å². The smallest absolute Gasteiger partial charge is 0.276 e. The zero-order valence-corrected chi connectivity index (χ0v) is 15.1. The monoisotopic (exact) mass is 361 g/mol. The summed E-state index contributed by atoms with van der Waals surface area (Å²) in [5.74, 6) is 4.79. The number of amides is 1. The first-order chi connectivity index (χ1) is 13.0. The van der Waals surface area contributed by atoms with Gasteiger partial charge < -0.3 is 10.4 Å². The summed E-state index contributed by atoms with van der Waals surface area (Å²) < 4.78 is 1.50. The first-order valence-electron chi connectivity index (χ1n) is 8.44. The lowest BCUT2D eigenvalue weighted by Crippen LogP contribution is -2.31. The molecular formula is C21H19N3O3. The van der Waals surface area contributed by atoms with Crippen LogP contribution in [0.3, 0.4) is 0 Å². The molecule has 0 saturated carbocycles. The van der Waals surface area contributed by atoms with Gasteiger partial charge in [-0.05, 0) is 30.7 Å². The van der Waals surface area contributed by atoms with Crippen molar-refractivity contribution in [3.05, 3.63) is 75.1 Å². The third kappa shape index (κ3) is 4.05. The summed E-state index contributed by atoms with van der Waals surface area (Å²) in [7, 11) is 1.68. The summed E-state index contributed by atoms with van der Waals surface area (Å²) in [5, 5.41) is 16.1. The van der Waals surface area contributed by atoms with Crippen molar-refractivity contribution in [2.75, 3.05) is 6.61 Å². The summed E-state index contributed by atoms with van der Waals surface area (Å²) >= 11 is 0. The molecule has 1 heterocycles. The van der Waals surface area contributed by atoms with Gasteiger partial charge in [-0.2, -0.15) is 5.10 Å². The molecule has 3 rings (SSSR count). The number of carbonyl (C=O) groups is 1. The van der Waals surface area contributed by atoms with Crippen molar-refractivity contribution < 1.29 is 9.90 Å². The molecule has 1 amide bonds. The van der Waals surface area contributed by atoms with Gasteiger partial charge in [-0.25, -0.2) is 0 Å². The molecule has 1 aromatic heterocycles. The highest BCUT2D eigenvalue weighted by atomic mass is 16.2. The maximum atomic E-state index is 12.8. The van der Waals surface area contributed by atoms with Gasteiger partial charge in [0, 0.05) is 19.2 Å². The summed E-state index contributed by atoms with van der Waals surface area (Å²) in [5.41, 5.74) is 2.65. The first kappa shape index (κ1) is 18.4. The lowest BCUT2D eigenvalue weighted by Gasteiger charge is -2.09. The molecule has 0 aliphatic heterocycles. The molecule has 136 valence electrons. The molecule has 0 spiro atoms. The van der Waals surface area contributed by atoms with Gasteiger partial charge in [-0.1, -0.05) is 41.7 Å². The van der Waals surface area contributed by atoms with Crippen LogP contribution in [0.25, 0.3) is 10.9 Å². The van der Waals surface area contributed by atoms with Crippen LogP contribution in [-0.4, -0.2) is 27.4 Å². The van der Waals surface area contributed by atoms with E-state index >= 15 is 0 Å². The molecule has 0 saturated heterocycles. The Bertz CT molecular complexity index is 1120. The second-order valence-electron chi connectivity index (χ2n) is 6.16. The molecule has 0 fully saturated rings. The number of aliphatic hydroxyl groups excluding tert-OH is 1. The van der Waals surface area contributed by atoms with E-state index in [-0.39, 0.29) is 12.3 Å². The summed E-state index contributed by atoms with van der Waals surface area (Å²) in [6, 6.07) is 12.8. The number of nitrogens with one attached hydrogen (secondary N) is 1. The minimum atomic E-state index is -0.523. The maximum absolute atomic E-state index is 12.8. The Morgan fingerprint density at radius 1 is 1.22 bits per heavy atom. The highest BCUT2D eigenvalue weighted by Crippen LogP contribution is 2.12. The number of hydrogen-bond acceptors (Lipinski definition) is 4. The van der Waals surface area contributed by atoms with Crippen LogP contribution < -0.4 is 10.7 Å². The van der Waals surface area contributed by atoms with Gasteiger partial charge in [0.2, 0.25) is 5.43 Å². The number of carbonyl (C=O) groups excluding carboxylic acids is 1. The standard InChI is InChI=1S/C21H19N3O3/c1-14-5-7-16(8-6-14)13-22-21(27)19-20(26)17-12-15(4-3-11-25)9-10-18(17)24(2)23-19/h5-10,12,25H,11,13H2,1-2H3,(H,22,27). The Balaban J connectivity index is 1.93. The van der Waals surface area contributed by atoms with Crippen LogP contribution in [-0.2, 0) is 13.6 Å². The molecule has 6 nitrogen and oxygen atoms in total. The van der Waals surface area contributed by atoms with Crippen LogP contribution in [0.15, 0.2) is 47.3 Å². The van der Waals surface area contributed by atoms with E-state index in [2.05, 4.69) is 22.3 Å². The van der Waals surface area contributed by atoms with E-state index < -0.39 is 11.3 Å². The quantitative estimate of drug-likeness (QED) is 0.693. The lowest BCUT2D eigenvalue weighted by atomic mass is 10.1. The van der Waals surface area contributed by atoms with Crippen LogP contribution in [0.4, 0.5) is 0 Å². The van der Waals surface area contributed by atoms with Crippen LogP contribution >= 0.6 is 0 Å². The van der Waals surface area contributed by atoms with E-state index in [4.69, 9.17) is 5.11 Å². The summed E-state index contributed by atoms with van der Waals surface area (Å²) in [6.45, 7) is 2.04. The third-order valence-corrected chi connectivity index (χ3v) is 4.16. The van der Waals surface area contributed by atoms with Crippen molar-refractivity contribution in [1.82, 2.24) is 15.1 Å². The van der Waals surface area contributed by atoms with Crippen LogP contribution in [0.5, 0.6) is 0 Å². The highest BCUT2D eigenvalue weighted by Gasteiger charge is 2.16. The van der Waals surface area contributed by atoms with E-state index in [1.165, 1.54) is 4.68 Å². The first-order valence-corrected chi connectivity index (χ1v) is 8.44. The predicted molar refractivity (Wildman–Crippen MR) is 103 cm³/mol. The fraction of sp³-hybridized carbons (Fsp3) is 0.190. The number of aliphatic hydroxyl groups is 1. The average Bonchev–Trinajstić information content (AvgIpc) is 2.68. The highest BCUT2D eigenvalue weighted by molar-refractivity contribution is 5.95. The molecular weight excluding hydrogens is 342 g/mol. The van der Waals surface area contributed by atoms with E-state index in [1.54, 1.807) is 25.2 Å². The fourth-order valence-corrected chi connectivity index (χ4v) is 2.72. The minimum Gasteiger partial charge on any atom is -0.384 e. The molecule has 2 N–H and O–H groups in total. The predicted octanol–water partition coefficient (Wildman–Crippen LogP) is 1.52. The lowest BCUT2D eigenvalue weighted by molar-refractivity contribution is 0.0943. The Morgan fingerprint density at radius 3 is 2.67 bits per heavy atom. The number of benzene rings is 2. The second kappa shape index (κ2) is 7.85. The second-order valence-corrected chi connectivity index (χ2v) is 6.16. The Labute approximate surface area is 156 Å². The fourth-order valence-electron chi connectivity index (χ4n) is 2.72. The van der Waals surface area contributed by atoms with Gasteiger partial charge in [-0.15, -0.1) is 0 Å². The largest absolute Gasteiger partial charge is 0.384 e. The van der Waals surface area contributed by atoms with Crippen molar-refractivity contribution in [2.45, 2.75) is 13.5 Å². The average molecular weight is 361 g/mol. The van der Waals surface area contributed by atoms with Gasteiger partial charge >= 0.3 is 0 Å². The summed E-state index contributed by atoms with van der Waals surface area (Å²) in [6.07, 6.45) is 0. The molecule has 0 unspecified atom stereocenters. The maximum Gasteiger partial charge on any atom is 0.276 e. The molecule has 27 heavy (non-hydrogen) atoms. The van der Waals surface area contributed by atoms with Crippen molar-refractivity contribution in [3.8, 4) is 11.8 Å². The summed E-state index contributed by atoms with van der Waals surface area (Å²) in [4.78, 5) is 25.3. The third-order valence-electron chi connectivity index (χ3n) is 4.16.